The number of rotatable bonds is 4. The third-order valence-corrected chi connectivity index (χ3v) is 4.36. The maximum absolute atomic E-state index is 11.2. The Balaban J connectivity index is 2.05. The molecule has 0 aromatic heterocycles. The lowest BCUT2D eigenvalue weighted by Gasteiger charge is -2.30. The number of hydrogen-bond donors (Lipinski definition) is 1. The standard InChI is InChI=1S/C10H20N2O3S/c1-15-8-10-4-3-5-12(10)7-9(6-10)11-16(2,13)14/h9,11H,3-8H2,1-2H3. The zero-order valence-corrected chi connectivity index (χ0v) is 10.7. The Labute approximate surface area is 97.2 Å². The van der Waals surface area contributed by atoms with E-state index in [0.717, 1.165) is 25.9 Å². The van der Waals surface area contributed by atoms with Crippen molar-refractivity contribution in [2.24, 2.45) is 0 Å². The molecular formula is C10H20N2O3S. The van der Waals surface area contributed by atoms with Crippen molar-refractivity contribution in [3.63, 3.8) is 0 Å². The summed E-state index contributed by atoms with van der Waals surface area (Å²) >= 11 is 0. The first kappa shape index (κ1) is 12.3. The Morgan fingerprint density at radius 1 is 1.56 bits per heavy atom. The van der Waals surface area contributed by atoms with Crippen molar-refractivity contribution < 1.29 is 13.2 Å². The van der Waals surface area contributed by atoms with E-state index in [-0.39, 0.29) is 11.6 Å². The van der Waals surface area contributed by atoms with Crippen LogP contribution in [-0.2, 0) is 14.8 Å². The lowest BCUT2D eigenvalue weighted by Crippen LogP contribution is -2.42. The van der Waals surface area contributed by atoms with Gasteiger partial charge >= 0.3 is 0 Å². The molecule has 0 aromatic rings. The van der Waals surface area contributed by atoms with Gasteiger partial charge in [-0.05, 0) is 25.8 Å². The lowest BCUT2D eigenvalue weighted by atomic mass is 9.94. The molecule has 6 heteroatoms. The summed E-state index contributed by atoms with van der Waals surface area (Å²) in [5.74, 6) is 0. The molecule has 0 amide bonds. The molecule has 2 fully saturated rings. The number of nitrogens with zero attached hydrogens (tertiary/aromatic N) is 1. The topological polar surface area (TPSA) is 58.6 Å². The van der Waals surface area contributed by atoms with E-state index in [2.05, 4.69) is 9.62 Å². The second-order valence-electron chi connectivity index (χ2n) is 5.00. The van der Waals surface area contributed by atoms with Crippen LogP contribution < -0.4 is 4.72 Å². The van der Waals surface area contributed by atoms with Crippen molar-refractivity contribution in [1.82, 2.24) is 9.62 Å². The molecule has 0 aromatic carbocycles. The first-order valence-corrected chi connectivity index (χ1v) is 7.56. The molecular weight excluding hydrogens is 228 g/mol. The number of methoxy groups -OCH3 is 1. The minimum absolute atomic E-state index is 0.0467. The Hall–Kier alpha value is -0.170. The minimum Gasteiger partial charge on any atom is -0.383 e. The van der Waals surface area contributed by atoms with Crippen LogP contribution in [0.2, 0.25) is 0 Å². The van der Waals surface area contributed by atoms with E-state index < -0.39 is 10.0 Å². The van der Waals surface area contributed by atoms with Gasteiger partial charge in [0.15, 0.2) is 0 Å². The molecule has 94 valence electrons. The van der Waals surface area contributed by atoms with Crippen molar-refractivity contribution in [2.75, 3.05) is 33.1 Å². The lowest BCUT2D eigenvalue weighted by molar-refractivity contribution is 0.0654. The molecule has 16 heavy (non-hydrogen) atoms. The molecule has 0 spiro atoms. The van der Waals surface area contributed by atoms with Crippen molar-refractivity contribution in [3.8, 4) is 0 Å². The summed E-state index contributed by atoms with van der Waals surface area (Å²) in [6.45, 7) is 2.58. The average Bonchev–Trinajstić information content (AvgIpc) is 2.57. The highest BCUT2D eigenvalue weighted by Gasteiger charge is 2.48. The first-order chi connectivity index (χ1) is 7.45. The molecule has 0 aliphatic carbocycles. The Bertz CT molecular complexity index is 357. The summed E-state index contributed by atoms with van der Waals surface area (Å²) in [4.78, 5) is 2.37. The van der Waals surface area contributed by atoms with E-state index in [4.69, 9.17) is 4.74 Å². The Morgan fingerprint density at radius 2 is 2.31 bits per heavy atom. The third kappa shape index (κ3) is 2.40. The smallest absolute Gasteiger partial charge is 0.208 e. The highest BCUT2D eigenvalue weighted by atomic mass is 32.2. The second-order valence-corrected chi connectivity index (χ2v) is 6.78. The molecule has 2 unspecified atom stereocenters. The average molecular weight is 248 g/mol. The molecule has 5 nitrogen and oxygen atoms in total. The largest absolute Gasteiger partial charge is 0.383 e. The van der Waals surface area contributed by atoms with Gasteiger partial charge in [-0.1, -0.05) is 0 Å². The molecule has 2 rings (SSSR count). The number of fused-ring (bicyclic) bond motifs is 1. The number of hydrogen-bond acceptors (Lipinski definition) is 4. The van der Waals surface area contributed by atoms with Crippen LogP contribution in [0.4, 0.5) is 0 Å². The van der Waals surface area contributed by atoms with Crippen LogP contribution in [0.15, 0.2) is 0 Å². The van der Waals surface area contributed by atoms with Gasteiger partial charge < -0.3 is 4.74 Å². The molecule has 2 aliphatic rings. The highest BCUT2D eigenvalue weighted by molar-refractivity contribution is 7.88. The van der Waals surface area contributed by atoms with E-state index in [1.54, 1.807) is 7.11 Å². The SMILES string of the molecule is COCC12CCCN1CC(NS(C)(=O)=O)C2. The predicted octanol–water partition coefficient (Wildman–Crippen LogP) is -0.211. The Morgan fingerprint density at radius 3 is 2.94 bits per heavy atom. The highest BCUT2D eigenvalue weighted by Crippen LogP contribution is 2.39. The van der Waals surface area contributed by atoms with Gasteiger partial charge in [0.1, 0.15) is 0 Å². The molecule has 1 N–H and O–H groups in total. The zero-order valence-electron chi connectivity index (χ0n) is 9.90. The van der Waals surface area contributed by atoms with Crippen LogP contribution in [-0.4, -0.2) is 58.0 Å². The van der Waals surface area contributed by atoms with Crippen LogP contribution in [0.1, 0.15) is 19.3 Å². The van der Waals surface area contributed by atoms with Gasteiger partial charge in [0.2, 0.25) is 10.0 Å². The van der Waals surface area contributed by atoms with Gasteiger partial charge in [0, 0.05) is 25.2 Å². The number of sulfonamides is 1. The molecule has 2 heterocycles. The molecule has 2 atom stereocenters. The van der Waals surface area contributed by atoms with Crippen LogP contribution in [0.5, 0.6) is 0 Å². The minimum atomic E-state index is -3.10. The maximum atomic E-state index is 11.2. The van der Waals surface area contributed by atoms with Gasteiger partial charge in [0.05, 0.1) is 12.9 Å². The van der Waals surface area contributed by atoms with E-state index in [1.165, 1.54) is 12.7 Å². The van der Waals surface area contributed by atoms with E-state index in [9.17, 15) is 8.42 Å². The second kappa shape index (κ2) is 4.25. The monoisotopic (exact) mass is 248 g/mol. The molecule has 2 aliphatic heterocycles. The normalized spacial score (nSPS) is 35.5. The summed E-state index contributed by atoms with van der Waals surface area (Å²) in [5, 5.41) is 0. The van der Waals surface area contributed by atoms with Gasteiger partial charge in [-0.2, -0.15) is 0 Å². The zero-order chi connectivity index (χ0) is 11.8. The first-order valence-electron chi connectivity index (χ1n) is 5.66. The van der Waals surface area contributed by atoms with Crippen molar-refractivity contribution in [1.29, 1.82) is 0 Å². The van der Waals surface area contributed by atoms with Crippen LogP contribution >= 0.6 is 0 Å². The molecule has 0 radical (unpaired) electrons. The predicted molar refractivity (Wildman–Crippen MR) is 61.8 cm³/mol. The molecule has 0 bridgehead atoms. The van der Waals surface area contributed by atoms with Crippen LogP contribution in [0.25, 0.3) is 0 Å². The Kier molecular flexibility index (Phi) is 3.27. The molecule has 0 saturated carbocycles. The molecule has 2 saturated heterocycles. The van der Waals surface area contributed by atoms with E-state index in [0.29, 0.717) is 6.61 Å². The van der Waals surface area contributed by atoms with Gasteiger partial charge in [0.25, 0.3) is 0 Å². The fraction of sp³-hybridized carbons (Fsp3) is 1.00. The van der Waals surface area contributed by atoms with E-state index in [1.807, 2.05) is 0 Å². The summed E-state index contributed by atoms with van der Waals surface area (Å²) in [6, 6.07) is 0.0467. The van der Waals surface area contributed by atoms with Crippen molar-refractivity contribution >= 4 is 10.0 Å². The third-order valence-electron chi connectivity index (χ3n) is 3.60. The summed E-state index contributed by atoms with van der Waals surface area (Å²) in [5.41, 5.74) is 0.0805. The van der Waals surface area contributed by atoms with Gasteiger partial charge in [-0.15, -0.1) is 0 Å². The summed E-state index contributed by atoms with van der Waals surface area (Å²) < 4.78 is 30.4. The summed E-state index contributed by atoms with van der Waals surface area (Å²) in [7, 11) is -1.39. The van der Waals surface area contributed by atoms with Crippen molar-refractivity contribution in [3.05, 3.63) is 0 Å². The van der Waals surface area contributed by atoms with Crippen molar-refractivity contribution in [2.45, 2.75) is 30.8 Å². The quantitative estimate of drug-likeness (QED) is 0.748. The van der Waals surface area contributed by atoms with Crippen LogP contribution in [0.3, 0.4) is 0 Å². The number of nitrogens with one attached hydrogen (secondary N) is 1. The van der Waals surface area contributed by atoms with E-state index >= 15 is 0 Å². The van der Waals surface area contributed by atoms with Gasteiger partial charge in [-0.3, -0.25) is 4.90 Å². The fourth-order valence-electron chi connectivity index (χ4n) is 3.17. The summed E-state index contributed by atoms with van der Waals surface area (Å²) in [6.07, 6.45) is 4.39. The van der Waals surface area contributed by atoms with Crippen LogP contribution in [0, 0.1) is 0 Å². The number of ether oxygens (including phenoxy) is 1. The maximum Gasteiger partial charge on any atom is 0.208 e. The van der Waals surface area contributed by atoms with Gasteiger partial charge in [-0.25, -0.2) is 13.1 Å². The fourth-order valence-corrected chi connectivity index (χ4v) is 3.94.